The third-order valence-electron chi connectivity index (χ3n) is 4.75. The monoisotopic (exact) mass is 340 g/mol. The van der Waals surface area contributed by atoms with Gasteiger partial charge >= 0.3 is 5.97 Å². The summed E-state index contributed by atoms with van der Waals surface area (Å²) in [5.74, 6) is -0.409. The van der Waals surface area contributed by atoms with Crippen molar-refractivity contribution in [2.45, 2.75) is 46.6 Å². The van der Waals surface area contributed by atoms with Crippen LogP contribution in [-0.4, -0.2) is 29.1 Å². The van der Waals surface area contributed by atoms with Crippen molar-refractivity contribution in [1.29, 1.82) is 0 Å². The first-order chi connectivity index (χ1) is 11.9. The Balaban J connectivity index is 2.06. The van der Waals surface area contributed by atoms with Crippen molar-refractivity contribution in [3.05, 3.63) is 47.3 Å². The van der Waals surface area contributed by atoms with Gasteiger partial charge < -0.3 is 9.30 Å². The predicted molar refractivity (Wildman–Crippen MR) is 97.1 cm³/mol. The molecule has 5 heteroatoms. The van der Waals surface area contributed by atoms with Crippen molar-refractivity contribution in [3.63, 3.8) is 0 Å². The average Bonchev–Trinajstić information content (AvgIpc) is 2.92. The van der Waals surface area contributed by atoms with Gasteiger partial charge in [-0.05, 0) is 63.9 Å². The van der Waals surface area contributed by atoms with Gasteiger partial charge in [0, 0.05) is 29.2 Å². The Hall–Kier alpha value is -2.56. The number of anilines is 1. The molecule has 1 amide bonds. The number of aromatic nitrogens is 1. The number of amides is 1. The van der Waals surface area contributed by atoms with Crippen LogP contribution < -0.4 is 4.90 Å². The second-order valence-electron chi connectivity index (χ2n) is 6.46. The number of rotatable bonds is 4. The maximum atomic E-state index is 12.6. The highest BCUT2D eigenvalue weighted by atomic mass is 16.5. The van der Waals surface area contributed by atoms with E-state index >= 15 is 0 Å². The number of carbonyl (C=O) groups is 2. The lowest BCUT2D eigenvalue weighted by atomic mass is 9.98. The van der Waals surface area contributed by atoms with Gasteiger partial charge in [0.15, 0.2) is 0 Å². The van der Waals surface area contributed by atoms with Crippen LogP contribution in [0.3, 0.4) is 0 Å². The molecule has 0 spiro atoms. The highest BCUT2D eigenvalue weighted by Gasteiger charge is 2.33. The van der Waals surface area contributed by atoms with Gasteiger partial charge in [0.05, 0.1) is 6.61 Å². The summed E-state index contributed by atoms with van der Waals surface area (Å²) in [7, 11) is 0. The molecule has 2 aromatic rings. The van der Waals surface area contributed by atoms with Gasteiger partial charge in [0.25, 0.3) is 0 Å². The number of benzene rings is 1. The van der Waals surface area contributed by atoms with Crippen molar-refractivity contribution in [2.24, 2.45) is 0 Å². The van der Waals surface area contributed by atoms with Gasteiger partial charge in [-0.25, -0.2) is 4.79 Å². The van der Waals surface area contributed by atoms with Crippen LogP contribution in [0.5, 0.6) is 0 Å². The Labute approximate surface area is 148 Å². The zero-order valence-corrected chi connectivity index (χ0v) is 15.2. The summed E-state index contributed by atoms with van der Waals surface area (Å²) >= 11 is 0. The summed E-state index contributed by atoms with van der Waals surface area (Å²) in [5, 5.41) is 0. The van der Waals surface area contributed by atoms with E-state index in [2.05, 4.69) is 42.7 Å². The van der Waals surface area contributed by atoms with E-state index < -0.39 is 6.04 Å². The molecule has 1 aliphatic heterocycles. The SMILES string of the molecule is CCOC(=O)C(C)N1C(=O)CCc2ccc(-n3c(C)ccc3C)cc21. The van der Waals surface area contributed by atoms with Gasteiger partial charge in [-0.15, -0.1) is 0 Å². The van der Waals surface area contributed by atoms with Gasteiger partial charge in [-0.3, -0.25) is 9.69 Å². The minimum absolute atomic E-state index is 0.0360. The van der Waals surface area contributed by atoms with Crippen molar-refractivity contribution < 1.29 is 14.3 Å². The van der Waals surface area contributed by atoms with Gasteiger partial charge in [-0.1, -0.05) is 6.07 Å². The molecule has 0 bridgehead atoms. The topological polar surface area (TPSA) is 51.5 Å². The van der Waals surface area contributed by atoms with E-state index in [0.717, 1.165) is 28.3 Å². The molecule has 0 saturated carbocycles. The Morgan fingerprint density at radius 1 is 1.16 bits per heavy atom. The zero-order chi connectivity index (χ0) is 18.1. The van der Waals surface area contributed by atoms with E-state index in [-0.39, 0.29) is 11.9 Å². The van der Waals surface area contributed by atoms with E-state index in [9.17, 15) is 9.59 Å². The van der Waals surface area contributed by atoms with Crippen LogP contribution in [0.4, 0.5) is 5.69 Å². The van der Waals surface area contributed by atoms with Crippen LogP contribution in [0, 0.1) is 13.8 Å². The largest absolute Gasteiger partial charge is 0.464 e. The molecule has 3 rings (SSSR count). The quantitative estimate of drug-likeness (QED) is 0.802. The first-order valence-electron chi connectivity index (χ1n) is 8.71. The molecule has 1 aromatic carbocycles. The third kappa shape index (κ3) is 3.06. The normalized spacial score (nSPS) is 15.0. The van der Waals surface area contributed by atoms with E-state index in [1.807, 2.05) is 6.07 Å². The number of nitrogens with zero attached hydrogens (tertiary/aromatic N) is 2. The Morgan fingerprint density at radius 3 is 2.48 bits per heavy atom. The van der Waals surface area contributed by atoms with Crippen LogP contribution in [0.2, 0.25) is 0 Å². The summed E-state index contributed by atoms with van der Waals surface area (Å²) < 4.78 is 7.27. The maximum Gasteiger partial charge on any atom is 0.328 e. The van der Waals surface area contributed by atoms with Gasteiger partial charge in [0.2, 0.25) is 5.91 Å². The Kier molecular flexibility index (Phi) is 4.66. The van der Waals surface area contributed by atoms with Crippen LogP contribution >= 0.6 is 0 Å². The Bertz CT molecular complexity index is 803. The first-order valence-corrected chi connectivity index (χ1v) is 8.71. The minimum atomic E-state index is -0.631. The number of esters is 1. The second-order valence-corrected chi connectivity index (χ2v) is 6.46. The maximum absolute atomic E-state index is 12.6. The van der Waals surface area contributed by atoms with Crippen LogP contribution in [0.15, 0.2) is 30.3 Å². The fourth-order valence-electron chi connectivity index (χ4n) is 3.49. The van der Waals surface area contributed by atoms with Crippen molar-refractivity contribution in [3.8, 4) is 5.69 Å². The van der Waals surface area contributed by atoms with E-state index in [0.29, 0.717) is 19.4 Å². The first kappa shape index (κ1) is 17.3. The van der Waals surface area contributed by atoms with E-state index in [1.54, 1.807) is 18.7 Å². The number of ether oxygens (including phenoxy) is 1. The van der Waals surface area contributed by atoms with Gasteiger partial charge in [0.1, 0.15) is 6.04 Å². The number of carbonyl (C=O) groups excluding carboxylic acids is 2. The number of fused-ring (bicyclic) bond motifs is 1. The molecule has 0 radical (unpaired) electrons. The molecule has 1 atom stereocenters. The summed E-state index contributed by atoms with van der Waals surface area (Å²) in [6.07, 6.45) is 1.11. The molecule has 0 N–H and O–H groups in total. The Morgan fingerprint density at radius 2 is 1.84 bits per heavy atom. The summed E-state index contributed by atoms with van der Waals surface area (Å²) in [6, 6.07) is 9.64. The lowest BCUT2D eigenvalue weighted by Gasteiger charge is -2.33. The third-order valence-corrected chi connectivity index (χ3v) is 4.75. The molecule has 132 valence electrons. The highest BCUT2D eigenvalue weighted by Crippen LogP contribution is 2.32. The fraction of sp³-hybridized carbons (Fsp3) is 0.400. The van der Waals surface area contributed by atoms with Crippen LogP contribution in [0.1, 0.15) is 37.2 Å². The molecule has 1 aliphatic rings. The summed E-state index contributed by atoms with van der Waals surface area (Å²) in [6.45, 7) is 7.91. The van der Waals surface area contributed by atoms with Crippen LogP contribution in [0.25, 0.3) is 5.69 Å². The zero-order valence-electron chi connectivity index (χ0n) is 15.2. The highest BCUT2D eigenvalue weighted by molar-refractivity contribution is 6.01. The molecule has 5 nitrogen and oxygen atoms in total. The number of hydrogen-bond acceptors (Lipinski definition) is 3. The minimum Gasteiger partial charge on any atom is -0.464 e. The molecular formula is C20H24N2O3. The smallest absolute Gasteiger partial charge is 0.328 e. The van der Waals surface area contributed by atoms with Crippen molar-refractivity contribution in [1.82, 2.24) is 4.57 Å². The molecule has 0 aliphatic carbocycles. The standard InChI is InChI=1S/C20H24N2O3/c1-5-25-20(24)15(4)22-18-12-17(21-13(2)6-7-14(21)3)10-8-16(18)9-11-19(22)23/h6-8,10,12,15H,5,9,11H2,1-4H3. The summed E-state index contributed by atoms with van der Waals surface area (Å²) in [4.78, 5) is 26.3. The fourth-order valence-corrected chi connectivity index (χ4v) is 3.49. The lowest BCUT2D eigenvalue weighted by molar-refractivity contribution is -0.145. The van der Waals surface area contributed by atoms with Crippen LogP contribution in [-0.2, 0) is 20.7 Å². The van der Waals surface area contributed by atoms with E-state index in [1.165, 1.54) is 0 Å². The van der Waals surface area contributed by atoms with Gasteiger partial charge in [-0.2, -0.15) is 0 Å². The second kappa shape index (κ2) is 6.75. The number of hydrogen-bond donors (Lipinski definition) is 0. The summed E-state index contributed by atoms with van der Waals surface area (Å²) in [5.41, 5.74) is 5.15. The van der Waals surface area contributed by atoms with Crippen molar-refractivity contribution >= 4 is 17.6 Å². The molecule has 1 unspecified atom stereocenters. The molecule has 25 heavy (non-hydrogen) atoms. The number of aryl methyl sites for hydroxylation is 3. The lowest BCUT2D eigenvalue weighted by Crippen LogP contribution is -2.46. The average molecular weight is 340 g/mol. The van der Waals surface area contributed by atoms with E-state index in [4.69, 9.17) is 4.74 Å². The predicted octanol–water partition coefficient (Wildman–Crippen LogP) is 3.32. The molecule has 1 aromatic heterocycles. The molecular weight excluding hydrogens is 316 g/mol. The molecule has 0 saturated heterocycles. The molecule has 2 heterocycles. The molecule has 0 fully saturated rings. The van der Waals surface area contributed by atoms with Crippen molar-refractivity contribution in [2.75, 3.05) is 11.5 Å².